The minimum absolute atomic E-state index is 0.0305. The van der Waals surface area contributed by atoms with Crippen molar-refractivity contribution in [3.8, 4) is 5.75 Å². The van der Waals surface area contributed by atoms with E-state index in [1.165, 1.54) is 0 Å². The Morgan fingerprint density at radius 1 is 1.45 bits per heavy atom. The van der Waals surface area contributed by atoms with Crippen LogP contribution in [0, 0.1) is 0 Å². The molecule has 1 fully saturated rings. The normalized spacial score (nSPS) is 19.6. The molecule has 0 radical (unpaired) electrons. The number of benzene rings is 1. The first-order valence-corrected chi connectivity index (χ1v) is 7.16. The van der Waals surface area contributed by atoms with Crippen LogP contribution >= 0.6 is 0 Å². The number of hydrogen-bond acceptors (Lipinski definition) is 4. The Morgan fingerprint density at radius 3 is 2.85 bits per heavy atom. The van der Waals surface area contributed by atoms with Gasteiger partial charge in [-0.25, -0.2) is 0 Å². The molecule has 0 saturated carbocycles. The lowest BCUT2D eigenvalue weighted by molar-refractivity contribution is -0.118. The van der Waals surface area contributed by atoms with Crippen molar-refractivity contribution in [2.75, 3.05) is 38.1 Å². The Labute approximate surface area is 120 Å². The highest BCUT2D eigenvalue weighted by Gasteiger charge is 2.20. The number of anilines is 1. The molecule has 5 heteroatoms. The van der Waals surface area contributed by atoms with E-state index in [1.54, 1.807) is 0 Å². The van der Waals surface area contributed by atoms with Crippen LogP contribution in [0.3, 0.4) is 0 Å². The fraction of sp³-hybridized carbons (Fsp3) is 0.533. The summed E-state index contributed by atoms with van der Waals surface area (Å²) in [5.74, 6) is 0.851. The van der Waals surface area contributed by atoms with Crippen molar-refractivity contribution in [1.82, 2.24) is 10.2 Å². The number of ether oxygens (including phenoxy) is 1. The van der Waals surface area contributed by atoms with Crippen LogP contribution in [0.1, 0.15) is 13.8 Å². The first-order chi connectivity index (χ1) is 9.69. The number of carbonyl (C=O) groups is 1. The number of rotatable bonds is 5. The van der Waals surface area contributed by atoms with Crippen molar-refractivity contribution in [1.29, 1.82) is 0 Å². The second-order valence-electron chi connectivity index (χ2n) is 5.03. The van der Waals surface area contributed by atoms with Gasteiger partial charge in [-0.05, 0) is 38.1 Å². The lowest BCUT2D eigenvalue weighted by atomic mass is 10.2. The van der Waals surface area contributed by atoms with Crippen molar-refractivity contribution in [3.05, 3.63) is 24.3 Å². The van der Waals surface area contributed by atoms with Gasteiger partial charge < -0.3 is 15.4 Å². The van der Waals surface area contributed by atoms with E-state index in [2.05, 4.69) is 22.5 Å². The van der Waals surface area contributed by atoms with E-state index in [4.69, 9.17) is 4.74 Å². The molecule has 5 nitrogen and oxygen atoms in total. The molecule has 1 aliphatic heterocycles. The molecule has 1 heterocycles. The molecule has 2 rings (SSSR count). The van der Waals surface area contributed by atoms with Crippen LogP contribution in [-0.4, -0.2) is 49.6 Å². The minimum atomic E-state index is 0.0305. The second-order valence-corrected chi connectivity index (χ2v) is 5.03. The van der Waals surface area contributed by atoms with E-state index in [0.29, 0.717) is 19.2 Å². The zero-order valence-corrected chi connectivity index (χ0v) is 12.2. The summed E-state index contributed by atoms with van der Waals surface area (Å²) in [5, 5.41) is 6.24. The Morgan fingerprint density at radius 2 is 2.20 bits per heavy atom. The van der Waals surface area contributed by atoms with Gasteiger partial charge in [0.1, 0.15) is 5.75 Å². The molecule has 1 atom stereocenters. The largest absolute Gasteiger partial charge is 0.494 e. The molecule has 1 aliphatic rings. The van der Waals surface area contributed by atoms with Gasteiger partial charge in [0.2, 0.25) is 5.91 Å². The fourth-order valence-electron chi connectivity index (χ4n) is 2.30. The number of nitrogens with zero attached hydrogens (tertiary/aromatic N) is 1. The molecule has 1 aromatic carbocycles. The number of piperazine rings is 1. The Balaban J connectivity index is 1.84. The SMILES string of the molecule is CCOc1ccc(NC(=O)CN2CCNC[C@@H]2C)cc1. The Kier molecular flexibility index (Phi) is 5.38. The molecule has 1 saturated heterocycles. The van der Waals surface area contributed by atoms with Crippen LogP contribution in [0.25, 0.3) is 0 Å². The predicted octanol–water partition coefficient (Wildman–Crippen LogP) is 1.32. The van der Waals surface area contributed by atoms with E-state index in [1.807, 2.05) is 31.2 Å². The summed E-state index contributed by atoms with van der Waals surface area (Å²) in [4.78, 5) is 14.2. The third kappa shape index (κ3) is 4.21. The molecule has 0 bridgehead atoms. The maximum atomic E-state index is 12.0. The first kappa shape index (κ1) is 14.8. The van der Waals surface area contributed by atoms with Crippen molar-refractivity contribution >= 4 is 11.6 Å². The van der Waals surface area contributed by atoms with E-state index >= 15 is 0 Å². The summed E-state index contributed by atoms with van der Waals surface area (Å²) in [6.45, 7) is 7.97. The summed E-state index contributed by atoms with van der Waals surface area (Å²) in [7, 11) is 0. The third-order valence-electron chi connectivity index (χ3n) is 3.43. The zero-order valence-electron chi connectivity index (χ0n) is 12.2. The highest BCUT2D eigenvalue weighted by Crippen LogP contribution is 2.15. The number of carbonyl (C=O) groups excluding carboxylic acids is 1. The van der Waals surface area contributed by atoms with Gasteiger partial charge in [0.25, 0.3) is 0 Å². The highest BCUT2D eigenvalue weighted by atomic mass is 16.5. The maximum absolute atomic E-state index is 12.0. The van der Waals surface area contributed by atoms with Gasteiger partial charge in [-0.2, -0.15) is 0 Å². The third-order valence-corrected chi connectivity index (χ3v) is 3.43. The number of amides is 1. The zero-order chi connectivity index (χ0) is 14.4. The van der Waals surface area contributed by atoms with Crippen LogP contribution in [0.15, 0.2) is 24.3 Å². The van der Waals surface area contributed by atoms with Gasteiger partial charge in [-0.3, -0.25) is 9.69 Å². The molecule has 20 heavy (non-hydrogen) atoms. The fourth-order valence-corrected chi connectivity index (χ4v) is 2.30. The van der Waals surface area contributed by atoms with E-state index < -0.39 is 0 Å². The average Bonchev–Trinajstić information content (AvgIpc) is 2.44. The van der Waals surface area contributed by atoms with Crippen molar-refractivity contribution in [2.24, 2.45) is 0 Å². The molecule has 0 spiro atoms. The smallest absolute Gasteiger partial charge is 0.238 e. The van der Waals surface area contributed by atoms with Crippen molar-refractivity contribution < 1.29 is 9.53 Å². The van der Waals surface area contributed by atoms with Gasteiger partial charge in [-0.1, -0.05) is 0 Å². The minimum Gasteiger partial charge on any atom is -0.494 e. The molecule has 2 N–H and O–H groups in total. The first-order valence-electron chi connectivity index (χ1n) is 7.16. The Hall–Kier alpha value is -1.59. The van der Waals surface area contributed by atoms with Gasteiger partial charge >= 0.3 is 0 Å². The summed E-state index contributed by atoms with van der Waals surface area (Å²) in [6.07, 6.45) is 0. The lowest BCUT2D eigenvalue weighted by Gasteiger charge is -2.33. The summed E-state index contributed by atoms with van der Waals surface area (Å²) in [6, 6.07) is 7.86. The maximum Gasteiger partial charge on any atom is 0.238 e. The van der Waals surface area contributed by atoms with Gasteiger partial charge in [-0.15, -0.1) is 0 Å². The van der Waals surface area contributed by atoms with Crippen molar-refractivity contribution in [3.63, 3.8) is 0 Å². The average molecular weight is 277 g/mol. The molecule has 0 aromatic heterocycles. The summed E-state index contributed by atoms with van der Waals surface area (Å²) >= 11 is 0. The second kappa shape index (κ2) is 7.26. The van der Waals surface area contributed by atoms with Gasteiger partial charge in [0.05, 0.1) is 13.2 Å². The molecular formula is C15H23N3O2. The molecule has 1 aromatic rings. The van der Waals surface area contributed by atoms with Crippen LogP contribution in [0.5, 0.6) is 5.75 Å². The van der Waals surface area contributed by atoms with E-state index in [0.717, 1.165) is 31.1 Å². The highest BCUT2D eigenvalue weighted by molar-refractivity contribution is 5.92. The van der Waals surface area contributed by atoms with Crippen molar-refractivity contribution in [2.45, 2.75) is 19.9 Å². The van der Waals surface area contributed by atoms with Crippen LogP contribution in [0.2, 0.25) is 0 Å². The molecular weight excluding hydrogens is 254 g/mol. The molecule has 0 unspecified atom stereocenters. The Bertz CT molecular complexity index is 433. The standard InChI is InChI=1S/C15H23N3O2/c1-3-20-14-6-4-13(5-7-14)17-15(19)11-18-9-8-16-10-12(18)2/h4-7,12,16H,3,8-11H2,1-2H3,(H,17,19)/t12-/m0/s1. The summed E-state index contributed by atoms with van der Waals surface area (Å²) in [5.41, 5.74) is 0.807. The summed E-state index contributed by atoms with van der Waals surface area (Å²) < 4.78 is 5.37. The molecule has 0 aliphatic carbocycles. The van der Waals surface area contributed by atoms with Gasteiger partial charge in [0.15, 0.2) is 0 Å². The predicted molar refractivity (Wildman–Crippen MR) is 80.1 cm³/mol. The molecule has 1 amide bonds. The topological polar surface area (TPSA) is 53.6 Å². The van der Waals surface area contributed by atoms with E-state index in [9.17, 15) is 4.79 Å². The number of hydrogen-bond donors (Lipinski definition) is 2. The molecule has 110 valence electrons. The van der Waals surface area contributed by atoms with Crippen LogP contribution in [0.4, 0.5) is 5.69 Å². The van der Waals surface area contributed by atoms with E-state index in [-0.39, 0.29) is 5.91 Å². The lowest BCUT2D eigenvalue weighted by Crippen LogP contribution is -2.51. The quantitative estimate of drug-likeness (QED) is 0.852. The number of nitrogens with one attached hydrogen (secondary N) is 2. The monoisotopic (exact) mass is 277 g/mol. The van der Waals surface area contributed by atoms with Crippen LogP contribution < -0.4 is 15.4 Å². The van der Waals surface area contributed by atoms with Gasteiger partial charge in [0, 0.05) is 31.4 Å². The van der Waals surface area contributed by atoms with Crippen LogP contribution in [-0.2, 0) is 4.79 Å².